The Labute approximate surface area is 153 Å². The van der Waals surface area contributed by atoms with Gasteiger partial charge in [0, 0.05) is 12.1 Å². The van der Waals surface area contributed by atoms with Crippen LogP contribution in [0.15, 0.2) is 52.1 Å². The molecule has 0 unspecified atom stereocenters. The van der Waals surface area contributed by atoms with Gasteiger partial charge in [0.05, 0.1) is 16.7 Å². The fraction of sp³-hybridized carbons (Fsp3) is 0.222. The number of nitro groups is 1. The minimum atomic E-state index is -0.485. The number of carbonyl (C=O) groups excluding carboxylic acids is 1. The Balaban J connectivity index is 1.61. The highest BCUT2D eigenvalue weighted by Crippen LogP contribution is 2.26. The molecule has 0 radical (unpaired) electrons. The van der Waals surface area contributed by atoms with Gasteiger partial charge < -0.3 is 9.73 Å². The Bertz CT molecular complexity index is 970. The Morgan fingerprint density at radius 2 is 2.12 bits per heavy atom. The number of nitro benzene ring substituents is 1. The summed E-state index contributed by atoms with van der Waals surface area (Å²) >= 11 is 1.15. The van der Waals surface area contributed by atoms with Crippen LogP contribution >= 0.6 is 11.8 Å². The van der Waals surface area contributed by atoms with Gasteiger partial charge in [-0.25, -0.2) is 4.98 Å². The predicted molar refractivity (Wildman–Crippen MR) is 99.1 cm³/mol. The molecule has 1 atom stereocenters. The molecule has 0 saturated carbocycles. The lowest BCUT2D eigenvalue weighted by molar-refractivity contribution is -0.384. The van der Waals surface area contributed by atoms with Crippen LogP contribution in [0.1, 0.15) is 24.1 Å². The predicted octanol–water partition coefficient (Wildman–Crippen LogP) is 4.01. The van der Waals surface area contributed by atoms with Crippen molar-refractivity contribution in [2.45, 2.75) is 25.1 Å². The Morgan fingerprint density at radius 3 is 2.85 bits per heavy atom. The summed E-state index contributed by atoms with van der Waals surface area (Å²) in [5, 5.41) is 14.1. The van der Waals surface area contributed by atoms with E-state index in [0.29, 0.717) is 16.3 Å². The number of benzene rings is 2. The first-order valence-corrected chi connectivity index (χ1v) is 8.95. The van der Waals surface area contributed by atoms with Crippen LogP contribution in [0.25, 0.3) is 11.1 Å². The van der Waals surface area contributed by atoms with Gasteiger partial charge in [0.25, 0.3) is 10.9 Å². The topological polar surface area (TPSA) is 98.3 Å². The summed E-state index contributed by atoms with van der Waals surface area (Å²) in [5.41, 5.74) is 2.99. The van der Waals surface area contributed by atoms with Crippen molar-refractivity contribution in [3.05, 3.63) is 63.7 Å². The number of nitrogens with one attached hydrogen (secondary N) is 1. The maximum Gasteiger partial charge on any atom is 0.271 e. The highest BCUT2D eigenvalue weighted by atomic mass is 32.2. The summed E-state index contributed by atoms with van der Waals surface area (Å²) in [6, 6.07) is 12.0. The van der Waals surface area contributed by atoms with Crippen LogP contribution in [0.3, 0.4) is 0 Å². The van der Waals surface area contributed by atoms with Gasteiger partial charge in [-0.05, 0) is 31.0 Å². The molecule has 1 amide bonds. The lowest BCUT2D eigenvalue weighted by Gasteiger charge is -2.16. The number of rotatable bonds is 6. The average molecular weight is 371 g/mol. The maximum atomic E-state index is 12.2. The van der Waals surface area contributed by atoms with Crippen molar-refractivity contribution in [3.8, 4) is 0 Å². The zero-order valence-electron chi connectivity index (χ0n) is 14.3. The molecular weight excluding hydrogens is 354 g/mol. The molecule has 1 heterocycles. The van der Waals surface area contributed by atoms with Crippen molar-refractivity contribution in [2.24, 2.45) is 0 Å². The standard InChI is InChI=1S/C18H17N3O4S/c1-11-5-3-4-6-14(11)12(2)19-17(22)10-26-18-20-15-9-13(21(23)24)7-8-16(15)25-18/h3-9,12H,10H2,1-2H3,(H,19,22)/t12-/m1/s1. The number of hydrogen-bond acceptors (Lipinski definition) is 6. The van der Waals surface area contributed by atoms with Crippen molar-refractivity contribution in [1.29, 1.82) is 0 Å². The van der Waals surface area contributed by atoms with Crippen molar-refractivity contribution in [2.75, 3.05) is 5.75 Å². The zero-order valence-corrected chi connectivity index (χ0v) is 15.1. The average Bonchev–Trinajstić information content (AvgIpc) is 3.02. The molecule has 0 aliphatic rings. The minimum absolute atomic E-state index is 0.0489. The fourth-order valence-electron chi connectivity index (χ4n) is 2.63. The van der Waals surface area contributed by atoms with Gasteiger partial charge in [-0.1, -0.05) is 36.0 Å². The molecule has 1 aromatic heterocycles. The van der Waals surface area contributed by atoms with Crippen LogP contribution in [0.5, 0.6) is 0 Å². The third-order valence-corrected chi connectivity index (χ3v) is 4.75. The van der Waals surface area contributed by atoms with Crippen molar-refractivity contribution in [3.63, 3.8) is 0 Å². The molecule has 0 bridgehead atoms. The third-order valence-electron chi connectivity index (χ3n) is 3.92. The number of fused-ring (bicyclic) bond motifs is 1. The van der Waals surface area contributed by atoms with Crippen LogP contribution < -0.4 is 5.32 Å². The molecule has 8 heteroatoms. The van der Waals surface area contributed by atoms with Crippen LogP contribution in [-0.4, -0.2) is 21.6 Å². The van der Waals surface area contributed by atoms with E-state index in [-0.39, 0.29) is 23.4 Å². The number of amides is 1. The van der Waals surface area contributed by atoms with E-state index in [9.17, 15) is 14.9 Å². The van der Waals surface area contributed by atoms with E-state index in [1.54, 1.807) is 0 Å². The molecule has 3 aromatic rings. The van der Waals surface area contributed by atoms with E-state index in [1.165, 1.54) is 18.2 Å². The number of thioether (sulfide) groups is 1. The lowest BCUT2D eigenvalue weighted by Crippen LogP contribution is -2.28. The van der Waals surface area contributed by atoms with Gasteiger partial charge in [-0.3, -0.25) is 14.9 Å². The summed E-state index contributed by atoms with van der Waals surface area (Å²) in [4.78, 5) is 26.7. The highest BCUT2D eigenvalue weighted by molar-refractivity contribution is 7.99. The Kier molecular flexibility index (Phi) is 5.22. The molecule has 0 saturated heterocycles. The van der Waals surface area contributed by atoms with Gasteiger partial charge in [0.1, 0.15) is 5.52 Å². The molecule has 0 aliphatic carbocycles. The summed E-state index contributed by atoms with van der Waals surface area (Å²) in [6.45, 7) is 3.94. The van der Waals surface area contributed by atoms with E-state index in [1.807, 2.05) is 38.1 Å². The largest absolute Gasteiger partial charge is 0.431 e. The molecule has 0 spiro atoms. The third kappa shape index (κ3) is 4.02. The van der Waals surface area contributed by atoms with Gasteiger partial charge in [-0.2, -0.15) is 0 Å². The van der Waals surface area contributed by atoms with Crippen molar-refractivity contribution < 1.29 is 14.1 Å². The first kappa shape index (κ1) is 17.9. The van der Waals surface area contributed by atoms with Crippen LogP contribution in [0.4, 0.5) is 5.69 Å². The summed E-state index contributed by atoms with van der Waals surface area (Å²) < 4.78 is 5.51. The minimum Gasteiger partial charge on any atom is -0.431 e. The number of non-ortho nitro benzene ring substituents is 1. The molecule has 0 aliphatic heterocycles. The van der Waals surface area contributed by atoms with E-state index < -0.39 is 4.92 Å². The van der Waals surface area contributed by atoms with Gasteiger partial charge in [-0.15, -0.1) is 0 Å². The molecule has 26 heavy (non-hydrogen) atoms. The fourth-order valence-corrected chi connectivity index (χ4v) is 3.28. The maximum absolute atomic E-state index is 12.2. The van der Waals surface area contributed by atoms with E-state index >= 15 is 0 Å². The number of aryl methyl sites for hydroxylation is 1. The van der Waals surface area contributed by atoms with Gasteiger partial charge in [0.15, 0.2) is 5.58 Å². The number of carbonyl (C=O) groups is 1. The first-order chi connectivity index (χ1) is 12.4. The Hall–Kier alpha value is -2.87. The molecule has 3 rings (SSSR count). The lowest BCUT2D eigenvalue weighted by atomic mass is 10.0. The first-order valence-electron chi connectivity index (χ1n) is 7.96. The van der Waals surface area contributed by atoms with Crippen molar-refractivity contribution >= 4 is 34.5 Å². The number of aromatic nitrogens is 1. The normalized spacial score (nSPS) is 12.1. The molecule has 0 fully saturated rings. The zero-order chi connectivity index (χ0) is 18.7. The molecule has 2 aromatic carbocycles. The van der Waals surface area contributed by atoms with Crippen LogP contribution in [-0.2, 0) is 4.79 Å². The second kappa shape index (κ2) is 7.57. The summed E-state index contributed by atoms with van der Waals surface area (Å²) in [7, 11) is 0. The van der Waals surface area contributed by atoms with Gasteiger partial charge in [0.2, 0.25) is 5.91 Å². The van der Waals surface area contributed by atoms with Crippen LogP contribution in [0.2, 0.25) is 0 Å². The second-order valence-electron chi connectivity index (χ2n) is 5.82. The molecule has 1 N–H and O–H groups in total. The summed E-state index contributed by atoms with van der Waals surface area (Å²) in [6.07, 6.45) is 0. The smallest absolute Gasteiger partial charge is 0.271 e. The van der Waals surface area contributed by atoms with Gasteiger partial charge >= 0.3 is 0 Å². The van der Waals surface area contributed by atoms with Crippen molar-refractivity contribution in [1.82, 2.24) is 10.3 Å². The summed E-state index contributed by atoms with van der Waals surface area (Å²) in [5.74, 6) is 0.00416. The second-order valence-corrected chi connectivity index (χ2v) is 6.75. The van der Waals surface area contributed by atoms with E-state index in [2.05, 4.69) is 10.3 Å². The van der Waals surface area contributed by atoms with Crippen LogP contribution in [0, 0.1) is 17.0 Å². The number of hydrogen-bond donors (Lipinski definition) is 1. The van der Waals surface area contributed by atoms with E-state index in [0.717, 1.165) is 22.9 Å². The molecule has 134 valence electrons. The number of oxazole rings is 1. The quantitative estimate of drug-likeness (QED) is 0.399. The number of nitrogens with zero attached hydrogens (tertiary/aromatic N) is 2. The highest BCUT2D eigenvalue weighted by Gasteiger charge is 2.15. The SMILES string of the molecule is Cc1ccccc1[C@@H](C)NC(=O)CSc1nc2cc([N+](=O)[O-])ccc2o1. The molecular formula is C18H17N3O4S. The Morgan fingerprint density at radius 1 is 1.35 bits per heavy atom. The van der Waals surface area contributed by atoms with E-state index in [4.69, 9.17) is 4.42 Å². The molecule has 7 nitrogen and oxygen atoms in total. The monoisotopic (exact) mass is 371 g/mol.